The van der Waals surface area contributed by atoms with Crippen LogP contribution in [0.5, 0.6) is 0 Å². The number of aromatic amines is 1. The van der Waals surface area contributed by atoms with Crippen molar-refractivity contribution in [3.8, 4) is 0 Å². The third kappa shape index (κ3) is 5.62. The minimum absolute atomic E-state index is 0.130. The van der Waals surface area contributed by atoms with Gasteiger partial charge < -0.3 is 25.4 Å². The van der Waals surface area contributed by atoms with E-state index in [1.54, 1.807) is 12.3 Å². The van der Waals surface area contributed by atoms with Crippen molar-refractivity contribution in [3.63, 3.8) is 0 Å². The maximum absolute atomic E-state index is 13.2. The molecule has 1 aliphatic heterocycles. The zero-order valence-corrected chi connectivity index (χ0v) is 20.9. The second kappa shape index (κ2) is 11.0. The van der Waals surface area contributed by atoms with Gasteiger partial charge in [0.2, 0.25) is 0 Å². The molecule has 36 heavy (non-hydrogen) atoms. The summed E-state index contributed by atoms with van der Waals surface area (Å²) in [5.74, 6) is 0.171. The van der Waals surface area contributed by atoms with Gasteiger partial charge in [-0.25, -0.2) is 0 Å². The molecule has 3 N–H and O–H groups in total. The third-order valence-electron chi connectivity index (χ3n) is 7.54. The molecule has 0 bridgehead atoms. The first kappa shape index (κ1) is 24.1. The number of hydrogen-bond donors (Lipinski definition) is 3. The van der Waals surface area contributed by atoms with E-state index in [-0.39, 0.29) is 17.2 Å². The molecular weight excluding hydrogens is 450 g/mol. The first-order chi connectivity index (χ1) is 17.6. The van der Waals surface area contributed by atoms with E-state index in [1.165, 1.54) is 5.56 Å². The summed E-state index contributed by atoms with van der Waals surface area (Å²) < 4.78 is 0. The predicted octanol–water partition coefficient (Wildman–Crippen LogP) is 4.52. The van der Waals surface area contributed by atoms with Gasteiger partial charge in [-0.2, -0.15) is 0 Å². The van der Waals surface area contributed by atoms with Gasteiger partial charge in [-0.3, -0.25) is 9.59 Å². The van der Waals surface area contributed by atoms with Crippen molar-refractivity contribution < 1.29 is 4.79 Å². The molecule has 7 heteroatoms. The molecule has 3 aromatic rings. The van der Waals surface area contributed by atoms with E-state index in [0.717, 1.165) is 57.5 Å². The number of hydrogen-bond acceptors (Lipinski definition) is 5. The maximum Gasteiger partial charge on any atom is 0.263 e. The van der Waals surface area contributed by atoms with Crippen molar-refractivity contribution in [3.05, 3.63) is 88.3 Å². The lowest BCUT2D eigenvalue weighted by Crippen LogP contribution is -2.44. The van der Waals surface area contributed by atoms with Gasteiger partial charge in [0.15, 0.2) is 0 Å². The molecule has 188 valence electrons. The number of nitrogens with one attached hydrogen (secondary N) is 3. The first-order valence-electron chi connectivity index (χ1n) is 12.9. The van der Waals surface area contributed by atoms with Crippen molar-refractivity contribution in [1.29, 1.82) is 0 Å². The van der Waals surface area contributed by atoms with E-state index in [2.05, 4.69) is 62.8 Å². The van der Waals surface area contributed by atoms with E-state index < -0.39 is 5.91 Å². The monoisotopic (exact) mass is 485 g/mol. The Labute approximate surface area is 212 Å². The molecule has 0 atom stereocenters. The summed E-state index contributed by atoms with van der Waals surface area (Å²) in [6.45, 7) is 4.06. The topological polar surface area (TPSA) is 80.5 Å². The second-order valence-electron chi connectivity index (χ2n) is 9.99. The smallest absolute Gasteiger partial charge is 0.263 e. The number of nitrogens with zero attached hydrogens (tertiary/aromatic N) is 2. The van der Waals surface area contributed by atoms with Crippen LogP contribution in [0.25, 0.3) is 0 Å². The summed E-state index contributed by atoms with van der Waals surface area (Å²) in [4.78, 5) is 33.2. The SMILES string of the molecule is CN1CCN(c2ccc(NC(=O)c3c(NC4CCC(c5ccccc5)CC4)cc[nH]c3=O)cc2)CC1. The number of amides is 1. The molecular formula is C29H35N5O2. The van der Waals surface area contributed by atoms with Crippen molar-refractivity contribution in [2.24, 2.45) is 0 Å². The van der Waals surface area contributed by atoms with E-state index in [9.17, 15) is 9.59 Å². The standard InChI is InChI=1S/C29H35N5O2/c1-33-17-19-34(20-18-33)25-13-11-24(12-14-25)32-29(36)27-26(15-16-30-28(27)35)31-23-9-7-22(8-10-23)21-5-3-2-4-6-21/h2-6,11-16,22-23H,7-10,17-20H2,1H3,(H,32,36)(H2,30,31,35). The molecule has 0 radical (unpaired) electrons. The molecule has 1 amide bonds. The highest BCUT2D eigenvalue weighted by Crippen LogP contribution is 2.34. The third-order valence-corrected chi connectivity index (χ3v) is 7.54. The normalized spacial score (nSPS) is 20.6. The van der Waals surface area contributed by atoms with Gasteiger partial charge in [-0.15, -0.1) is 0 Å². The zero-order valence-electron chi connectivity index (χ0n) is 20.9. The molecule has 5 rings (SSSR count). The van der Waals surface area contributed by atoms with Crippen molar-refractivity contribution in [2.75, 3.05) is 48.8 Å². The molecule has 0 spiro atoms. The fourth-order valence-corrected chi connectivity index (χ4v) is 5.35. The predicted molar refractivity (Wildman–Crippen MR) is 146 cm³/mol. The molecule has 1 aromatic heterocycles. The van der Waals surface area contributed by atoms with E-state index in [1.807, 2.05) is 24.3 Å². The van der Waals surface area contributed by atoms with Crippen LogP contribution in [-0.4, -0.2) is 55.1 Å². The molecule has 2 fully saturated rings. The summed E-state index contributed by atoms with van der Waals surface area (Å²) in [6.07, 6.45) is 5.78. The number of carbonyl (C=O) groups is 1. The molecule has 2 aliphatic rings. The quantitative estimate of drug-likeness (QED) is 0.479. The Morgan fingerprint density at radius 3 is 2.28 bits per heavy atom. The largest absolute Gasteiger partial charge is 0.381 e. The highest BCUT2D eigenvalue weighted by atomic mass is 16.2. The van der Waals surface area contributed by atoms with Crippen molar-refractivity contribution in [2.45, 2.75) is 37.6 Å². The number of carbonyl (C=O) groups excluding carboxylic acids is 1. The van der Waals surface area contributed by atoms with Crippen LogP contribution in [0.15, 0.2) is 71.7 Å². The summed E-state index contributed by atoms with van der Waals surface area (Å²) >= 11 is 0. The second-order valence-corrected chi connectivity index (χ2v) is 9.99. The summed E-state index contributed by atoms with van der Waals surface area (Å²) in [6, 6.07) is 20.5. The Morgan fingerprint density at radius 1 is 0.889 bits per heavy atom. The summed E-state index contributed by atoms with van der Waals surface area (Å²) in [7, 11) is 2.14. The van der Waals surface area contributed by atoms with Gasteiger partial charge >= 0.3 is 0 Å². The van der Waals surface area contributed by atoms with Gasteiger partial charge in [0.05, 0.1) is 5.69 Å². The van der Waals surface area contributed by atoms with Gasteiger partial charge in [0.25, 0.3) is 11.5 Å². The number of likely N-dealkylation sites (N-methyl/N-ethyl adjacent to an activating group) is 1. The number of anilines is 3. The van der Waals surface area contributed by atoms with Gasteiger partial charge in [0, 0.05) is 49.8 Å². The number of rotatable bonds is 6. The highest BCUT2D eigenvalue weighted by Gasteiger charge is 2.24. The number of aromatic nitrogens is 1. The van der Waals surface area contributed by atoms with Crippen LogP contribution in [-0.2, 0) is 0 Å². The van der Waals surface area contributed by atoms with E-state index >= 15 is 0 Å². The average Bonchev–Trinajstić information content (AvgIpc) is 2.91. The molecule has 0 unspecified atom stereocenters. The molecule has 1 saturated carbocycles. The van der Waals surface area contributed by atoms with Crippen LogP contribution in [0, 0.1) is 0 Å². The van der Waals surface area contributed by atoms with Gasteiger partial charge in [-0.1, -0.05) is 30.3 Å². The lowest BCUT2D eigenvalue weighted by Gasteiger charge is -2.34. The van der Waals surface area contributed by atoms with Crippen LogP contribution in [0.1, 0.15) is 47.5 Å². The number of benzene rings is 2. The van der Waals surface area contributed by atoms with Crippen LogP contribution in [0.2, 0.25) is 0 Å². The average molecular weight is 486 g/mol. The molecule has 7 nitrogen and oxygen atoms in total. The molecule has 2 heterocycles. The van der Waals surface area contributed by atoms with Crippen LogP contribution < -0.4 is 21.1 Å². The number of piperazine rings is 1. The highest BCUT2D eigenvalue weighted by molar-refractivity contribution is 6.07. The van der Waals surface area contributed by atoms with Crippen LogP contribution in [0.4, 0.5) is 17.1 Å². The van der Waals surface area contributed by atoms with E-state index in [0.29, 0.717) is 17.3 Å². The fourth-order valence-electron chi connectivity index (χ4n) is 5.35. The fraction of sp³-hybridized carbons (Fsp3) is 0.379. The first-order valence-corrected chi connectivity index (χ1v) is 12.9. The molecule has 1 saturated heterocycles. The number of pyridine rings is 1. The van der Waals surface area contributed by atoms with E-state index in [4.69, 9.17) is 0 Å². The van der Waals surface area contributed by atoms with Crippen molar-refractivity contribution >= 4 is 23.0 Å². The Bertz CT molecular complexity index is 1210. The van der Waals surface area contributed by atoms with Crippen LogP contribution in [0.3, 0.4) is 0 Å². The lowest BCUT2D eigenvalue weighted by atomic mass is 9.81. The minimum atomic E-state index is -0.398. The Kier molecular flexibility index (Phi) is 7.37. The van der Waals surface area contributed by atoms with Gasteiger partial charge in [-0.05, 0) is 74.5 Å². The summed E-state index contributed by atoms with van der Waals surface area (Å²) in [5.41, 5.74) is 3.55. The molecule has 2 aromatic carbocycles. The Hall–Kier alpha value is -3.58. The summed E-state index contributed by atoms with van der Waals surface area (Å²) in [5, 5.41) is 6.41. The van der Waals surface area contributed by atoms with Gasteiger partial charge in [0.1, 0.15) is 5.56 Å². The molecule has 1 aliphatic carbocycles. The maximum atomic E-state index is 13.2. The minimum Gasteiger partial charge on any atom is -0.381 e. The Balaban J connectivity index is 1.22. The van der Waals surface area contributed by atoms with Crippen LogP contribution >= 0.6 is 0 Å². The zero-order chi connectivity index (χ0) is 24.9. The van der Waals surface area contributed by atoms with Crippen molar-refractivity contribution in [1.82, 2.24) is 9.88 Å². The number of H-pyrrole nitrogens is 1. The Morgan fingerprint density at radius 2 is 1.58 bits per heavy atom. The lowest BCUT2D eigenvalue weighted by molar-refractivity contribution is 0.102.